The van der Waals surface area contributed by atoms with Crippen molar-refractivity contribution in [2.24, 2.45) is 5.92 Å². The molecule has 0 amide bonds. The highest BCUT2D eigenvalue weighted by molar-refractivity contribution is 5.69. The first-order chi connectivity index (χ1) is 11.7. The highest BCUT2D eigenvalue weighted by Gasteiger charge is 2.33. The van der Waals surface area contributed by atoms with E-state index in [-0.39, 0.29) is 12.2 Å². The Morgan fingerprint density at radius 3 is 2.38 bits per heavy atom. The molecule has 0 aliphatic carbocycles. The standard InChI is InChI=1S/C22H26O2/c1-4-21-17(3)22(24-14-18-8-6-5-7-9-18)20(15-23-21)19-12-10-16(2)11-13-19/h5-13,15,17,21-22H,4,14H2,1-3H3/t17-,21+,22-/m0/s1. The first-order valence-corrected chi connectivity index (χ1v) is 8.77. The highest BCUT2D eigenvalue weighted by atomic mass is 16.5. The summed E-state index contributed by atoms with van der Waals surface area (Å²) in [5.41, 5.74) is 4.79. The van der Waals surface area contributed by atoms with E-state index in [1.807, 2.05) is 12.3 Å². The quantitative estimate of drug-likeness (QED) is 0.737. The van der Waals surface area contributed by atoms with Crippen LogP contribution < -0.4 is 0 Å². The molecule has 0 saturated carbocycles. The van der Waals surface area contributed by atoms with Crippen molar-refractivity contribution < 1.29 is 9.47 Å². The molecule has 0 spiro atoms. The monoisotopic (exact) mass is 322 g/mol. The van der Waals surface area contributed by atoms with Gasteiger partial charge in [-0.25, -0.2) is 0 Å². The fraction of sp³-hybridized carbons (Fsp3) is 0.364. The Morgan fingerprint density at radius 1 is 1.00 bits per heavy atom. The molecule has 1 aliphatic rings. The molecule has 126 valence electrons. The van der Waals surface area contributed by atoms with Crippen molar-refractivity contribution in [3.63, 3.8) is 0 Å². The van der Waals surface area contributed by atoms with Crippen molar-refractivity contribution in [1.29, 1.82) is 0 Å². The Balaban J connectivity index is 1.83. The van der Waals surface area contributed by atoms with Crippen LogP contribution in [-0.2, 0) is 16.1 Å². The third-order valence-corrected chi connectivity index (χ3v) is 4.80. The van der Waals surface area contributed by atoms with Crippen LogP contribution >= 0.6 is 0 Å². The Hall–Kier alpha value is -2.06. The van der Waals surface area contributed by atoms with Gasteiger partial charge in [-0.1, -0.05) is 74.0 Å². The van der Waals surface area contributed by atoms with E-state index < -0.39 is 0 Å². The lowest BCUT2D eigenvalue weighted by Gasteiger charge is -2.36. The lowest BCUT2D eigenvalue weighted by molar-refractivity contribution is -0.0292. The van der Waals surface area contributed by atoms with Crippen LogP contribution in [0.15, 0.2) is 60.9 Å². The molecule has 2 aromatic carbocycles. The SMILES string of the molecule is CC[C@H]1OC=C(c2ccc(C)cc2)[C@@H](OCc2ccccc2)[C@H]1C. The van der Waals surface area contributed by atoms with Gasteiger partial charge in [-0.3, -0.25) is 0 Å². The second-order valence-corrected chi connectivity index (χ2v) is 6.60. The number of rotatable bonds is 5. The van der Waals surface area contributed by atoms with Crippen LogP contribution in [0.5, 0.6) is 0 Å². The average molecular weight is 322 g/mol. The largest absolute Gasteiger partial charge is 0.497 e. The Kier molecular flexibility index (Phi) is 5.37. The molecule has 0 bridgehead atoms. The Bertz CT molecular complexity index is 673. The molecular weight excluding hydrogens is 296 g/mol. The lowest BCUT2D eigenvalue weighted by atomic mass is 9.86. The second-order valence-electron chi connectivity index (χ2n) is 6.60. The van der Waals surface area contributed by atoms with Gasteiger partial charge >= 0.3 is 0 Å². The van der Waals surface area contributed by atoms with E-state index in [0.29, 0.717) is 12.5 Å². The fourth-order valence-electron chi connectivity index (χ4n) is 3.28. The molecule has 0 fully saturated rings. The van der Waals surface area contributed by atoms with Crippen LogP contribution in [0.4, 0.5) is 0 Å². The number of aryl methyl sites for hydroxylation is 1. The molecular formula is C22H26O2. The smallest absolute Gasteiger partial charge is 0.103 e. The Morgan fingerprint density at radius 2 is 1.71 bits per heavy atom. The molecule has 2 nitrogen and oxygen atoms in total. The molecule has 2 aromatic rings. The van der Waals surface area contributed by atoms with E-state index in [4.69, 9.17) is 9.47 Å². The van der Waals surface area contributed by atoms with Crippen LogP contribution in [0.1, 0.15) is 37.0 Å². The number of hydrogen-bond acceptors (Lipinski definition) is 2. The van der Waals surface area contributed by atoms with Crippen LogP contribution in [0.2, 0.25) is 0 Å². The van der Waals surface area contributed by atoms with Gasteiger partial charge < -0.3 is 9.47 Å². The van der Waals surface area contributed by atoms with Crippen molar-refractivity contribution in [2.45, 2.75) is 46.0 Å². The molecule has 0 unspecified atom stereocenters. The van der Waals surface area contributed by atoms with Gasteiger partial charge in [0.2, 0.25) is 0 Å². The van der Waals surface area contributed by atoms with E-state index in [1.54, 1.807) is 0 Å². The molecule has 0 radical (unpaired) electrons. The second kappa shape index (κ2) is 7.67. The van der Waals surface area contributed by atoms with Crippen molar-refractivity contribution >= 4 is 5.57 Å². The minimum atomic E-state index is 0.0478. The van der Waals surface area contributed by atoms with Crippen LogP contribution in [0, 0.1) is 12.8 Å². The normalized spacial score (nSPS) is 23.5. The van der Waals surface area contributed by atoms with Crippen molar-refractivity contribution in [3.05, 3.63) is 77.5 Å². The van der Waals surface area contributed by atoms with E-state index in [0.717, 1.165) is 12.0 Å². The number of hydrogen-bond donors (Lipinski definition) is 0. The summed E-state index contributed by atoms with van der Waals surface area (Å²) in [6.07, 6.45) is 3.16. The van der Waals surface area contributed by atoms with Gasteiger partial charge in [0.05, 0.1) is 19.0 Å². The van der Waals surface area contributed by atoms with Gasteiger partial charge in [-0.05, 0) is 24.5 Å². The van der Waals surface area contributed by atoms with Gasteiger partial charge in [0, 0.05) is 11.5 Å². The van der Waals surface area contributed by atoms with Crippen molar-refractivity contribution in [2.75, 3.05) is 0 Å². The molecule has 0 saturated heterocycles. The predicted molar refractivity (Wildman–Crippen MR) is 98.5 cm³/mol. The van der Waals surface area contributed by atoms with Gasteiger partial charge in [0.1, 0.15) is 6.10 Å². The summed E-state index contributed by atoms with van der Waals surface area (Å²) < 4.78 is 12.3. The first-order valence-electron chi connectivity index (χ1n) is 8.77. The minimum absolute atomic E-state index is 0.0478. The van der Waals surface area contributed by atoms with Gasteiger partial charge in [-0.15, -0.1) is 0 Å². The molecule has 1 heterocycles. The van der Waals surface area contributed by atoms with Crippen LogP contribution in [0.25, 0.3) is 5.57 Å². The predicted octanol–water partition coefficient (Wildman–Crippen LogP) is 5.37. The van der Waals surface area contributed by atoms with E-state index in [2.05, 4.69) is 69.3 Å². The molecule has 24 heavy (non-hydrogen) atoms. The van der Waals surface area contributed by atoms with Crippen molar-refractivity contribution in [1.82, 2.24) is 0 Å². The lowest BCUT2D eigenvalue weighted by Crippen LogP contribution is -2.36. The van der Waals surface area contributed by atoms with Gasteiger partial charge in [0.25, 0.3) is 0 Å². The summed E-state index contributed by atoms with van der Waals surface area (Å²) in [4.78, 5) is 0. The zero-order valence-electron chi connectivity index (χ0n) is 14.7. The van der Waals surface area contributed by atoms with Crippen LogP contribution in [0.3, 0.4) is 0 Å². The summed E-state index contributed by atoms with van der Waals surface area (Å²) in [5.74, 6) is 0.319. The zero-order chi connectivity index (χ0) is 16.9. The first kappa shape index (κ1) is 16.8. The van der Waals surface area contributed by atoms with Crippen LogP contribution in [-0.4, -0.2) is 12.2 Å². The summed E-state index contributed by atoms with van der Waals surface area (Å²) >= 11 is 0. The molecule has 0 aromatic heterocycles. The average Bonchev–Trinajstić information content (AvgIpc) is 2.62. The number of benzene rings is 2. The molecule has 3 atom stereocenters. The third kappa shape index (κ3) is 3.70. The molecule has 0 N–H and O–H groups in total. The summed E-state index contributed by atoms with van der Waals surface area (Å²) in [6.45, 7) is 7.12. The summed E-state index contributed by atoms with van der Waals surface area (Å²) in [5, 5.41) is 0. The topological polar surface area (TPSA) is 18.5 Å². The maximum absolute atomic E-state index is 6.36. The third-order valence-electron chi connectivity index (χ3n) is 4.80. The Labute approximate surface area is 145 Å². The van der Waals surface area contributed by atoms with Crippen molar-refractivity contribution in [3.8, 4) is 0 Å². The molecule has 1 aliphatic heterocycles. The van der Waals surface area contributed by atoms with E-state index >= 15 is 0 Å². The fourth-order valence-corrected chi connectivity index (χ4v) is 3.28. The summed E-state index contributed by atoms with van der Waals surface area (Å²) in [7, 11) is 0. The maximum atomic E-state index is 6.36. The van der Waals surface area contributed by atoms with Gasteiger partial charge in [0.15, 0.2) is 0 Å². The molecule has 3 rings (SSSR count). The zero-order valence-corrected chi connectivity index (χ0v) is 14.7. The minimum Gasteiger partial charge on any atom is -0.497 e. The molecule has 2 heteroatoms. The summed E-state index contributed by atoms with van der Waals surface area (Å²) in [6, 6.07) is 18.9. The van der Waals surface area contributed by atoms with E-state index in [1.165, 1.54) is 16.7 Å². The van der Waals surface area contributed by atoms with Gasteiger partial charge in [-0.2, -0.15) is 0 Å². The maximum Gasteiger partial charge on any atom is 0.103 e. The van der Waals surface area contributed by atoms with E-state index in [9.17, 15) is 0 Å². The number of ether oxygens (including phenoxy) is 2. The highest BCUT2D eigenvalue weighted by Crippen LogP contribution is 2.35.